The molecule has 1 atom stereocenters. The van der Waals surface area contributed by atoms with Gasteiger partial charge in [0.2, 0.25) is 0 Å². The summed E-state index contributed by atoms with van der Waals surface area (Å²) in [5.74, 6) is 1.21. The number of hydrogen-bond donors (Lipinski definition) is 2. The smallest absolute Gasteiger partial charge is 0.266 e. The van der Waals surface area contributed by atoms with Gasteiger partial charge in [0.1, 0.15) is 9.39 Å². The van der Waals surface area contributed by atoms with Gasteiger partial charge in [-0.1, -0.05) is 0 Å². The molecule has 2 N–H and O–H groups in total. The molecule has 6 heteroatoms. The van der Waals surface area contributed by atoms with E-state index in [2.05, 4.69) is 15.3 Å². The van der Waals surface area contributed by atoms with E-state index in [0.717, 1.165) is 6.42 Å². The summed E-state index contributed by atoms with van der Waals surface area (Å²) in [5.41, 5.74) is -0.124. The Balaban J connectivity index is 2.76. The molecule has 0 bridgehead atoms. The van der Waals surface area contributed by atoms with Crippen molar-refractivity contribution in [2.75, 3.05) is 11.2 Å². The van der Waals surface area contributed by atoms with E-state index in [1.54, 1.807) is 0 Å². The van der Waals surface area contributed by atoms with Gasteiger partial charge >= 0.3 is 0 Å². The van der Waals surface area contributed by atoms with Crippen LogP contribution in [0.15, 0.2) is 11.1 Å². The van der Waals surface area contributed by atoms with E-state index in [1.807, 2.05) is 29.5 Å². The zero-order valence-corrected chi connectivity index (χ0v) is 10.6. The first-order valence-corrected chi connectivity index (χ1v) is 5.82. The van der Waals surface area contributed by atoms with Crippen molar-refractivity contribution < 1.29 is 0 Å². The molecule has 0 saturated carbocycles. The Labute approximate surface area is 101 Å². The molecule has 0 aliphatic rings. The topological polar surface area (TPSA) is 57.8 Å². The molecule has 0 aliphatic heterocycles. The number of nitrogens with one attached hydrogen (secondary N) is 2. The van der Waals surface area contributed by atoms with E-state index in [9.17, 15) is 4.79 Å². The lowest BCUT2D eigenvalue weighted by Crippen LogP contribution is -2.21. The van der Waals surface area contributed by atoms with Crippen LogP contribution >= 0.6 is 34.2 Å². The molecule has 0 amide bonds. The van der Waals surface area contributed by atoms with E-state index in [0.29, 0.717) is 15.3 Å². The average molecular weight is 328 g/mol. The predicted octanol–water partition coefficient (Wildman–Crippen LogP) is 1.80. The van der Waals surface area contributed by atoms with Crippen molar-refractivity contribution >= 4 is 40.0 Å². The van der Waals surface area contributed by atoms with Crippen molar-refractivity contribution in [3.8, 4) is 0 Å². The van der Waals surface area contributed by atoms with Crippen molar-refractivity contribution in [1.29, 1.82) is 0 Å². The summed E-state index contributed by atoms with van der Waals surface area (Å²) in [6, 6.07) is 0.218. The van der Waals surface area contributed by atoms with Crippen LogP contribution in [0.4, 0.5) is 5.82 Å². The van der Waals surface area contributed by atoms with Gasteiger partial charge in [0, 0.05) is 11.9 Å². The van der Waals surface area contributed by atoms with Crippen LogP contribution in [0.2, 0.25) is 0 Å². The first-order chi connectivity index (χ1) is 6.65. The van der Waals surface area contributed by atoms with Gasteiger partial charge in [0.25, 0.3) is 5.56 Å². The number of alkyl halides is 1. The highest BCUT2D eigenvalue weighted by Crippen LogP contribution is 2.11. The zero-order chi connectivity index (χ0) is 10.6. The van der Waals surface area contributed by atoms with Gasteiger partial charge in [-0.15, -0.1) is 11.6 Å². The number of aromatic amines is 1. The van der Waals surface area contributed by atoms with Crippen LogP contribution in [-0.2, 0) is 0 Å². The molecule has 0 saturated heterocycles. The Morgan fingerprint density at radius 3 is 3.14 bits per heavy atom. The summed E-state index contributed by atoms with van der Waals surface area (Å²) in [4.78, 5) is 17.8. The van der Waals surface area contributed by atoms with Crippen molar-refractivity contribution in [2.24, 2.45) is 0 Å². The number of rotatable bonds is 4. The molecular formula is C8H11ClIN3O. The van der Waals surface area contributed by atoms with Crippen LogP contribution in [-0.4, -0.2) is 21.9 Å². The molecule has 14 heavy (non-hydrogen) atoms. The Morgan fingerprint density at radius 2 is 2.50 bits per heavy atom. The Bertz CT molecular complexity index is 355. The zero-order valence-electron chi connectivity index (χ0n) is 7.68. The summed E-state index contributed by atoms with van der Waals surface area (Å²) < 4.78 is 0.575. The van der Waals surface area contributed by atoms with Gasteiger partial charge in [-0.25, -0.2) is 4.98 Å². The lowest BCUT2D eigenvalue weighted by Gasteiger charge is -2.13. The molecule has 4 nitrogen and oxygen atoms in total. The van der Waals surface area contributed by atoms with Gasteiger partial charge in [0.15, 0.2) is 0 Å². The molecule has 0 aliphatic carbocycles. The highest BCUT2D eigenvalue weighted by molar-refractivity contribution is 14.1. The summed E-state index contributed by atoms with van der Waals surface area (Å²) >= 11 is 7.57. The average Bonchev–Trinajstić information content (AvgIpc) is 2.13. The van der Waals surface area contributed by atoms with E-state index in [4.69, 9.17) is 11.6 Å². The summed E-state index contributed by atoms with van der Waals surface area (Å²) in [6.45, 7) is 2.00. The maximum Gasteiger partial charge on any atom is 0.266 e. The van der Waals surface area contributed by atoms with Crippen molar-refractivity contribution in [1.82, 2.24) is 9.97 Å². The van der Waals surface area contributed by atoms with Crippen molar-refractivity contribution in [2.45, 2.75) is 19.4 Å². The number of aromatic nitrogens is 2. The quantitative estimate of drug-likeness (QED) is 0.655. The van der Waals surface area contributed by atoms with E-state index in [-0.39, 0.29) is 11.6 Å². The first kappa shape index (κ1) is 11.8. The summed E-state index contributed by atoms with van der Waals surface area (Å²) in [7, 11) is 0. The number of H-pyrrole nitrogens is 1. The molecule has 0 spiro atoms. The van der Waals surface area contributed by atoms with Gasteiger partial charge in [0.05, 0.1) is 6.33 Å². The summed E-state index contributed by atoms with van der Waals surface area (Å²) in [6.07, 6.45) is 2.23. The Morgan fingerprint density at radius 1 is 1.79 bits per heavy atom. The minimum Gasteiger partial charge on any atom is -0.366 e. The minimum atomic E-state index is -0.124. The molecule has 0 radical (unpaired) electrons. The third kappa shape index (κ3) is 3.13. The Hall–Kier alpha value is -0.300. The normalized spacial score (nSPS) is 12.5. The maximum absolute atomic E-state index is 11.2. The highest BCUT2D eigenvalue weighted by atomic mass is 127. The van der Waals surface area contributed by atoms with Crippen LogP contribution in [0, 0.1) is 3.57 Å². The molecule has 0 fully saturated rings. The van der Waals surface area contributed by atoms with Crippen LogP contribution in [0.1, 0.15) is 13.3 Å². The fraction of sp³-hybridized carbons (Fsp3) is 0.500. The molecule has 1 unspecified atom stereocenters. The number of halogens is 2. The van der Waals surface area contributed by atoms with E-state index < -0.39 is 0 Å². The van der Waals surface area contributed by atoms with Crippen LogP contribution in [0.3, 0.4) is 0 Å². The Kier molecular flexibility index (Phi) is 4.67. The second-order valence-electron chi connectivity index (χ2n) is 2.92. The monoisotopic (exact) mass is 327 g/mol. The van der Waals surface area contributed by atoms with Crippen molar-refractivity contribution in [3.05, 3.63) is 20.3 Å². The maximum atomic E-state index is 11.2. The molecule has 0 aromatic carbocycles. The van der Waals surface area contributed by atoms with Gasteiger partial charge < -0.3 is 10.3 Å². The first-order valence-electron chi connectivity index (χ1n) is 4.21. The SMILES string of the molecule is CC(CCCl)Nc1nc[nH]c(=O)c1I. The van der Waals surface area contributed by atoms with Gasteiger partial charge in [-0.05, 0) is 35.9 Å². The van der Waals surface area contributed by atoms with Gasteiger partial charge in [-0.3, -0.25) is 4.79 Å². The molecule has 1 heterocycles. The fourth-order valence-electron chi connectivity index (χ4n) is 0.953. The molecule has 1 aromatic rings. The highest BCUT2D eigenvalue weighted by Gasteiger charge is 2.07. The van der Waals surface area contributed by atoms with Crippen LogP contribution < -0.4 is 10.9 Å². The lowest BCUT2D eigenvalue weighted by atomic mass is 10.2. The summed E-state index contributed by atoms with van der Waals surface area (Å²) in [5, 5.41) is 3.13. The number of anilines is 1. The number of nitrogens with zero attached hydrogens (tertiary/aromatic N) is 1. The molecule has 1 rings (SSSR count). The third-order valence-electron chi connectivity index (χ3n) is 1.72. The van der Waals surface area contributed by atoms with Crippen LogP contribution in [0.25, 0.3) is 0 Å². The molecule has 78 valence electrons. The van der Waals surface area contributed by atoms with Crippen LogP contribution in [0.5, 0.6) is 0 Å². The second kappa shape index (κ2) is 5.55. The standard InChI is InChI=1S/C8H11ClIN3O/c1-5(2-3-9)13-7-6(10)8(14)12-4-11-7/h4-5H,2-3H2,1H3,(H2,11,12,13,14). The molecular weight excluding hydrogens is 316 g/mol. The fourth-order valence-corrected chi connectivity index (χ4v) is 1.73. The second-order valence-corrected chi connectivity index (χ2v) is 4.37. The predicted molar refractivity (Wildman–Crippen MR) is 66.0 cm³/mol. The largest absolute Gasteiger partial charge is 0.366 e. The van der Waals surface area contributed by atoms with Gasteiger partial charge in [-0.2, -0.15) is 0 Å². The lowest BCUT2D eigenvalue weighted by molar-refractivity contribution is 0.761. The van der Waals surface area contributed by atoms with E-state index >= 15 is 0 Å². The van der Waals surface area contributed by atoms with Crippen molar-refractivity contribution in [3.63, 3.8) is 0 Å². The van der Waals surface area contributed by atoms with E-state index in [1.165, 1.54) is 6.33 Å². The third-order valence-corrected chi connectivity index (χ3v) is 2.94. The molecule has 1 aromatic heterocycles. The number of hydrogen-bond acceptors (Lipinski definition) is 3. The minimum absolute atomic E-state index is 0.124.